The molecule has 6 nitrogen and oxygen atoms in total. The lowest BCUT2D eigenvalue weighted by molar-refractivity contribution is -0.117. The number of nitrogens with two attached hydrogens (primary N) is 1. The van der Waals surface area contributed by atoms with Crippen LogP contribution >= 0.6 is 0 Å². The summed E-state index contributed by atoms with van der Waals surface area (Å²) in [6, 6.07) is 7.70. The van der Waals surface area contributed by atoms with Crippen LogP contribution in [0.4, 0.5) is 11.6 Å². The van der Waals surface area contributed by atoms with E-state index >= 15 is 0 Å². The number of hydrogen-bond donors (Lipinski definition) is 2. The quantitative estimate of drug-likeness (QED) is 0.835. The fraction of sp³-hybridized carbons (Fsp3) is 0.333. The van der Waals surface area contributed by atoms with E-state index in [1.165, 1.54) is 0 Å². The number of rotatable bonds is 6. The van der Waals surface area contributed by atoms with E-state index < -0.39 is 0 Å². The van der Waals surface area contributed by atoms with E-state index in [-0.39, 0.29) is 12.3 Å². The predicted octanol–water partition coefficient (Wildman–Crippen LogP) is 1.13. The molecule has 1 aromatic carbocycles. The van der Waals surface area contributed by atoms with Gasteiger partial charge in [0.25, 0.3) is 0 Å². The Hall–Kier alpha value is -2.50. The van der Waals surface area contributed by atoms with E-state index in [2.05, 4.69) is 14.9 Å². The van der Waals surface area contributed by atoms with Gasteiger partial charge in [-0.2, -0.15) is 0 Å². The highest BCUT2D eigenvalue weighted by atomic mass is 16.1. The zero-order valence-electron chi connectivity index (χ0n) is 12.6. The van der Waals surface area contributed by atoms with E-state index in [1.54, 1.807) is 0 Å². The highest BCUT2D eigenvalue weighted by Crippen LogP contribution is 2.14. The highest BCUT2D eigenvalue weighted by Gasteiger charge is 2.07. The summed E-state index contributed by atoms with van der Waals surface area (Å²) in [5.41, 5.74) is 8.19. The summed E-state index contributed by atoms with van der Waals surface area (Å²) in [5.74, 6) is 0.602. The van der Waals surface area contributed by atoms with Gasteiger partial charge in [0.1, 0.15) is 0 Å². The Balaban J connectivity index is 1.98. The Labute approximate surface area is 124 Å². The number of imidazole rings is 1. The van der Waals surface area contributed by atoms with Gasteiger partial charge < -0.3 is 20.5 Å². The number of carbonyl (C=O) groups excluding carboxylic acids is 1. The van der Waals surface area contributed by atoms with Crippen LogP contribution in [0.2, 0.25) is 0 Å². The maximum Gasteiger partial charge on any atom is 0.221 e. The Morgan fingerprint density at radius 2 is 2.00 bits per heavy atom. The van der Waals surface area contributed by atoms with Crippen LogP contribution in [0.25, 0.3) is 0 Å². The van der Waals surface area contributed by atoms with Crippen molar-refractivity contribution in [3.63, 3.8) is 0 Å². The molecule has 3 N–H and O–H groups in total. The number of nitrogens with zero attached hydrogens (tertiary/aromatic N) is 3. The van der Waals surface area contributed by atoms with Crippen molar-refractivity contribution in [2.75, 3.05) is 24.3 Å². The average Bonchev–Trinajstić information content (AvgIpc) is 2.79. The van der Waals surface area contributed by atoms with Gasteiger partial charge in [0.05, 0.1) is 24.9 Å². The maximum absolute atomic E-state index is 10.9. The molecule has 112 valence electrons. The van der Waals surface area contributed by atoms with E-state index in [1.807, 2.05) is 56.5 Å². The minimum absolute atomic E-state index is 0.272. The van der Waals surface area contributed by atoms with Crippen molar-refractivity contribution in [2.24, 2.45) is 12.8 Å². The third kappa shape index (κ3) is 3.75. The Bertz CT molecular complexity index is 615. The summed E-state index contributed by atoms with van der Waals surface area (Å²) in [6.45, 7) is 0.687. The SMILES string of the molecule is CN(C)c1ncc(CNc2ccc(CC(N)=O)cc2)n1C. The molecule has 1 heterocycles. The predicted molar refractivity (Wildman–Crippen MR) is 84.2 cm³/mol. The fourth-order valence-electron chi connectivity index (χ4n) is 2.15. The van der Waals surface area contributed by atoms with E-state index in [0.717, 1.165) is 22.9 Å². The van der Waals surface area contributed by atoms with Gasteiger partial charge in [-0.05, 0) is 17.7 Å². The van der Waals surface area contributed by atoms with Crippen LogP contribution in [-0.2, 0) is 24.8 Å². The third-order valence-corrected chi connectivity index (χ3v) is 3.27. The van der Waals surface area contributed by atoms with Gasteiger partial charge in [-0.15, -0.1) is 0 Å². The third-order valence-electron chi connectivity index (χ3n) is 3.27. The number of aromatic nitrogens is 2. The Morgan fingerprint density at radius 3 is 2.52 bits per heavy atom. The van der Waals surface area contributed by atoms with Crippen LogP contribution in [0.3, 0.4) is 0 Å². The van der Waals surface area contributed by atoms with Crippen LogP contribution in [0.5, 0.6) is 0 Å². The second kappa shape index (κ2) is 6.30. The molecule has 0 radical (unpaired) electrons. The number of carbonyl (C=O) groups is 1. The first kappa shape index (κ1) is 14.9. The van der Waals surface area contributed by atoms with Crippen LogP contribution in [0.15, 0.2) is 30.5 Å². The molecule has 0 spiro atoms. The molecule has 2 aromatic rings. The molecule has 0 bridgehead atoms. The second-order valence-electron chi connectivity index (χ2n) is 5.20. The van der Waals surface area contributed by atoms with Crippen molar-refractivity contribution < 1.29 is 4.79 Å². The van der Waals surface area contributed by atoms with Gasteiger partial charge >= 0.3 is 0 Å². The molecule has 2 rings (SSSR count). The van der Waals surface area contributed by atoms with Gasteiger partial charge in [0, 0.05) is 26.8 Å². The number of amides is 1. The number of primary amides is 1. The topological polar surface area (TPSA) is 76.2 Å². The summed E-state index contributed by atoms with van der Waals surface area (Å²) in [7, 11) is 5.93. The summed E-state index contributed by atoms with van der Waals surface area (Å²) in [4.78, 5) is 17.2. The molecule has 0 saturated heterocycles. The van der Waals surface area contributed by atoms with Crippen molar-refractivity contribution in [1.29, 1.82) is 0 Å². The van der Waals surface area contributed by atoms with Crippen LogP contribution < -0.4 is 16.0 Å². The second-order valence-corrected chi connectivity index (χ2v) is 5.20. The summed E-state index contributed by atoms with van der Waals surface area (Å²) in [5, 5.41) is 3.34. The van der Waals surface area contributed by atoms with Gasteiger partial charge in [-0.1, -0.05) is 12.1 Å². The standard InChI is InChI=1S/C15H21N5O/c1-19(2)15-18-10-13(20(15)3)9-17-12-6-4-11(5-7-12)8-14(16)21/h4-7,10,17H,8-9H2,1-3H3,(H2,16,21). The van der Waals surface area contributed by atoms with Crippen molar-refractivity contribution in [3.8, 4) is 0 Å². The Morgan fingerprint density at radius 1 is 1.33 bits per heavy atom. The largest absolute Gasteiger partial charge is 0.379 e. The zero-order valence-corrected chi connectivity index (χ0v) is 12.6. The number of anilines is 2. The lowest BCUT2D eigenvalue weighted by Gasteiger charge is -2.13. The Kier molecular flexibility index (Phi) is 4.47. The van der Waals surface area contributed by atoms with Crippen LogP contribution in [0.1, 0.15) is 11.3 Å². The zero-order chi connectivity index (χ0) is 15.4. The molecule has 1 aromatic heterocycles. The van der Waals surface area contributed by atoms with Crippen LogP contribution in [-0.4, -0.2) is 29.6 Å². The maximum atomic E-state index is 10.9. The molecule has 6 heteroatoms. The van der Waals surface area contributed by atoms with Crippen molar-refractivity contribution in [2.45, 2.75) is 13.0 Å². The molecular formula is C15H21N5O. The summed E-state index contributed by atoms with van der Waals surface area (Å²) in [6.07, 6.45) is 2.14. The minimum atomic E-state index is -0.318. The summed E-state index contributed by atoms with van der Waals surface area (Å²) >= 11 is 0. The molecule has 0 aliphatic carbocycles. The fourth-order valence-corrected chi connectivity index (χ4v) is 2.15. The molecule has 0 aliphatic rings. The summed E-state index contributed by atoms with van der Waals surface area (Å²) < 4.78 is 2.05. The lowest BCUT2D eigenvalue weighted by Crippen LogP contribution is -2.15. The molecule has 0 unspecified atom stereocenters. The highest BCUT2D eigenvalue weighted by molar-refractivity contribution is 5.76. The lowest BCUT2D eigenvalue weighted by atomic mass is 10.1. The average molecular weight is 287 g/mol. The molecule has 21 heavy (non-hydrogen) atoms. The van der Waals surface area contributed by atoms with Gasteiger partial charge in [0.15, 0.2) is 0 Å². The molecule has 0 aliphatic heterocycles. The van der Waals surface area contributed by atoms with Crippen LogP contribution in [0, 0.1) is 0 Å². The van der Waals surface area contributed by atoms with E-state index in [0.29, 0.717) is 6.54 Å². The molecule has 1 amide bonds. The van der Waals surface area contributed by atoms with Crippen molar-refractivity contribution in [3.05, 3.63) is 41.7 Å². The minimum Gasteiger partial charge on any atom is -0.379 e. The first-order valence-corrected chi connectivity index (χ1v) is 6.76. The van der Waals surface area contributed by atoms with Crippen molar-refractivity contribution in [1.82, 2.24) is 9.55 Å². The molecular weight excluding hydrogens is 266 g/mol. The monoisotopic (exact) mass is 287 g/mol. The molecule has 0 saturated carbocycles. The number of nitrogens with one attached hydrogen (secondary N) is 1. The van der Waals surface area contributed by atoms with Gasteiger partial charge in [-0.3, -0.25) is 4.79 Å². The first-order chi connectivity index (χ1) is 9.97. The van der Waals surface area contributed by atoms with Crippen molar-refractivity contribution >= 4 is 17.5 Å². The van der Waals surface area contributed by atoms with E-state index in [4.69, 9.17) is 5.73 Å². The normalized spacial score (nSPS) is 10.4. The molecule has 0 fully saturated rings. The van der Waals surface area contributed by atoms with E-state index in [9.17, 15) is 4.79 Å². The molecule has 0 atom stereocenters. The number of hydrogen-bond acceptors (Lipinski definition) is 4. The number of benzene rings is 1. The van der Waals surface area contributed by atoms with Gasteiger partial charge in [0.2, 0.25) is 11.9 Å². The smallest absolute Gasteiger partial charge is 0.221 e. The van der Waals surface area contributed by atoms with Gasteiger partial charge in [-0.25, -0.2) is 4.98 Å². The first-order valence-electron chi connectivity index (χ1n) is 6.76.